The molecule has 0 heterocycles. The van der Waals surface area contributed by atoms with E-state index in [9.17, 15) is 0 Å². The second-order valence-electron chi connectivity index (χ2n) is 5.79. The van der Waals surface area contributed by atoms with Crippen LogP contribution in [0.1, 0.15) is 32.1 Å². The highest BCUT2D eigenvalue weighted by Gasteiger charge is 2.30. The summed E-state index contributed by atoms with van der Waals surface area (Å²) >= 11 is 6.13. The van der Waals surface area contributed by atoms with Gasteiger partial charge in [0.05, 0.1) is 0 Å². The van der Waals surface area contributed by atoms with Crippen LogP contribution in [0.5, 0.6) is 0 Å². The molecular formula is C18H17Cl. The first kappa shape index (κ1) is 11.5. The third-order valence-electron chi connectivity index (χ3n) is 4.73. The molecule has 0 aromatic carbocycles. The Morgan fingerprint density at radius 1 is 1.05 bits per heavy atom. The number of allylic oxidation sites excluding steroid dienone is 12. The number of halogens is 1. The average Bonchev–Trinajstić information content (AvgIpc) is 3.00. The SMILES string of the molecule is ClC1=CCC2=CC(C3=C4CC=CC=C4CC3)CC2=C1. The van der Waals surface area contributed by atoms with Gasteiger partial charge in [-0.1, -0.05) is 47.6 Å². The van der Waals surface area contributed by atoms with Crippen LogP contribution >= 0.6 is 11.6 Å². The highest BCUT2D eigenvalue weighted by molar-refractivity contribution is 6.31. The standard InChI is InChI=1S/C18H17Cl/c19-16-7-5-13-9-15(10-14(13)11-16)18-8-6-12-3-1-2-4-17(12)18/h1-3,7,9,11,15H,4-6,8,10H2. The lowest BCUT2D eigenvalue weighted by Gasteiger charge is -2.14. The fourth-order valence-corrected chi connectivity index (χ4v) is 4.00. The predicted octanol–water partition coefficient (Wildman–Crippen LogP) is 5.36. The maximum Gasteiger partial charge on any atom is 0.0372 e. The summed E-state index contributed by atoms with van der Waals surface area (Å²) in [5.74, 6) is 0.629. The van der Waals surface area contributed by atoms with Crippen molar-refractivity contribution in [2.45, 2.75) is 32.1 Å². The zero-order chi connectivity index (χ0) is 12.8. The number of fused-ring (bicyclic) bond motifs is 2. The van der Waals surface area contributed by atoms with E-state index in [1.807, 2.05) is 0 Å². The van der Waals surface area contributed by atoms with Crippen molar-refractivity contribution in [3.63, 3.8) is 0 Å². The molecule has 0 spiro atoms. The van der Waals surface area contributed by atoms with Gasteiger partial charge in [0, 0.05) is 11.0 Å². The van der Waals surface area contributed by atoms with Gasteiger partial charge in [-0.15, -0.1) is 0 Å². The fraction of sp³-hybridized carbons (Fsp3) is 0.333. The molecule has 0 amide bonds. The summed E-state index contributed by atoms with van der Waals surface area (Å²) in [6, 6.07) is 0. The van der Waals surface area contributed by atoms with E-state index in [0.29, 0.717) is 5.92 Å². The molecule has 0 radical (unpaired) electrons. The van der Waals surface area contributed by atoms with Crippen molar-refractivity contribution in [1.82, 2.24) is 0 Å². The molecule has 0 fully saturated rings. The number of hydrogen-bond donors (Lipinski definition) is 0. The Morgan fingerprint density at radius 2 is 2.00 bits per heavy atom. The molecule has 4 rings (SSSR count). The molecule has 4 aliphatic carbocycles. The summed E-state index contributed by atoms with van der Waals surface area (Å²) in [5.41, 5.74) is 7.87. The van der Waals surface area contributed by atoms with Crippen LogP contribution in [0.15, 0.2) is 69.4 Å². The lowest BCUT2D eigenvalue weighted by atomic mass is 9.91. The van der Waals surface area contributed by atoms with E-state index in [1.54, 1.807) is 16.7 Å². The van der Waals surface area contributed by atoms with Gasteiger partial charge >= 0.3 is 0 Å². The van der Waals surface area contributed by atoms with Gasteiger partial charge in [0.1, 0.15) is 0 Å². The average molecular weight is 269 g/mol. The first-order valence-electron chi connectivity index (χ1n) is 7.16. The Labute approximate surface area is 119 Å². The van der Waals surface area contributed by atoms with Gasteiger partial charge in [-0.3, -0.25) is 0 Å². The van der Waals surface area contributed by atoms with E-state index in [2.05, 4.69) is 36.5 Å². The monoisotopic (exact) mass is 268 g/mol. The Bertz CT molecular complexity index is 620. The van der Waals surface area contributed by atoms with Crippen LogP contribution in [0.25, 0.3) is 0 Å². The van der Waals surface area contributed by atoms with Crippen LogP contribution in [0.4, 0.5) is 0 Å². The number of rotatable bonds is 1. The lowest BCUT2D eigenvalue weighted by molar-refractivity contribution is 0.744. The quantitative estimate of drug-likeness (QED) is 0.600. The molecule has 0 bridgehead atoms. The van der Waals surface area contributed by atoms with Crippen LogP contribution in [0.2, 0.25) is 0 Å². The van der Waals surface area contributed by atoms with Crippen molar-refractivity contribution in [1.29, 1.82) is 0 Å². The van der Waals surface area contributed by atoms with Crippen molar-refractivity contribution in [2.75, 3.05) is 0 Å². The first-order valence-corrected chi connectivity index (χ1v) is 7.54. The van der Waals surface area contributed by atoms with Crippen molar-refractivity contribution in [3.05, 3.63) is 69.4 Å². The summed E-state index contributed by atoms with van der Waals surface area (Å²) in [4.78, 5) is 0. The van der Waals surface area contributed by atoms with Gasteiger partial charge in [-0.05, 0) is 60.5 Å². The lowest BCUT2D eigenvalue weighted by Crippen LogP contribution is -1.99. The van der Waals surface area contributed by atoms with Gasteiger partial charge in [-0.2, -0.15) is 0 Å². The summed E-state index contributed by atoms with van der Waals surface area (Å²) in [6.45, 7) is 0. The Morgan fingerprint density at radius 3 is 2.95 bits per heavy atom. The molecule has 4 aliphatic rings. The Balaban J connectivity index is 1.67. The van der Waals surface area contributed by atoms with E-state index in [-0.39, 0.29) is 0 Å². The van der Waals surface area contributed by atoms with Gasteiger partial charge in [0.15, 0.2) is 0 Å². The summed E-state index contributed by atoms with van der Waals surface area (Å²) in [5, 5.41) is 0.915. The zero-order valence-electron chi connectivity index (χ0n) is 11.0. The summed E-state index contributed by atoms with van der Waals surface area (Å²) in [6.07, 6.45) is 19.4. The molecule has 0 aromatic rings. The molecule has 96 valence electrons. The maximum atomic E-state index is 6.13. The first-order chi connectivity index (χ1) is 9.31. The topological polar surface area (TPSA) is 0 Å². The predicted molar refractivity (Wildman–Crippen MR) is 80.9 cm³/mol. The van der Waals surface area contributed by atoms with Gasteiger partial charge < -0.3 is 0 Å². The zero-order valence-corrected chi connectivity index (χ0v) is 11.7. The molecule has 1 atom stereocenters. The van der Waals surface area contributed by atoms with E-state index in [4.69, 9.17) is 11.6 Å². The van der Waals surface area contributed by atoms with Gasteiger partial charge in [0.2, 0.25) is 0 Å². The molecule has 1 unspecified atom stereocenters. The van der Waals surface area contributed by atoms with E-state index >= 15 is 0 Å². The highest BCUT2D eigenvalue weighted by Crippen LogP contribution is 2.46. The molecule has 0 aromatic heterocycles. The molecule has 1 heteroatoms. The van der Waals surface area contributed by atoms with E-state index in [0.717, 1.165) is 24.3 Å². The maximum absolute atomic E-state index is 6.13. The third kappa shape index (κ3) is 1.90. The van der Waals surface area contributed by atoms with Crippen LogP contribution in [0.3, 0.4) is 0 Å². The van der Waals surface area contributed by atoms with Crippen molar-refractivity contribution < 1.29 is 0 Å². The summed E-state index contributed by atoms with van der Waals surface area (Å²) in [7, 11) is 0. The molecule has 0 saturated heterocycles. The fourth-order valence-electron chi connectivity index (χ4n) is 3.79. The number of hydrogen-bond acceptors (Lipinski definition) is 0. The molecular weight excluding hydrogens is 252 g/mol. The van der Waals surface area contributed by atoms with Crippen LogP contribution in [-0.2, 0) is 0 Å². The minimum atomic E-state index is 0.629. The molecule has 0 aliphatic heterocycles. The third-order valence-corrected chi connectivity index (χ3v) is 4.99. The minimum absolute atomic E-state index is 0.629. The second kappa shape index (κ2) is 4.38. The smallest absolute Gasteiger partial charge is 0.0372 e. The highest BCUT2D eigenvalue weighted by atomic mass is 35.5. The Kier molecular flexibility index (Phi) is 2.66. The van der Waals surface area contributed by atoms with Crippen molar-refractivity contribution in [3.8, 4) is 0 Å². The Hall–Kier alpha value is -1.27. The largest absolute Gasteiger partial charge is 0.0847 e. The van der Waals surface area contributed by atoms with Crippen molar-refractivity contribution >= 4 is 11.6 Å². The molecule has 0 saturated carbocycles. The second-order valence-corrected chi connectivity index (χ2v) is 6.23. The van der Waals surface area contributed by atoms with Gasteiger partial charge in [-0.25, -0.2) is 0 Å². The molecule has 0 nitrogen and oxygen atoms in total. The van der Waals surface area contributed by atoms with Gasteiger partial charge in [0.25, 0.3) is 0 Å². The van der Waals surface area contributed by atoms with E-state index < -0.39 is 0 Å². The van der Waals surface area contributed by atoms with Crippen LogP contribution in [0, 0.1) is 5.92 Å². The van der Waals surface area contributed by atoms with Crippen LogP contribution < -0.4 is 0 Å². The minimum Gasteiger partial charge on any atom is -0.0847 e. The van der Waals surface area contributed by atoms with E-state index in [1.165, 1.54) is 24.0 Å². The molecule has 0 N–H and O–H groups in total. The normalized spacial score (nSPS) is 28.6. The molecule has 19 heavy (non-hydrogen) atoms. The van der Waals surface area contributed by atoms with Crippen LogP contribution in [-0.4, -0.2) is 0 Å². The summed E-state index contributed by atoms with van der Waals surface area (Å²) < 4.78 is 0. The van der Waals surface area contributed by atoms with Crippen molar-refractivity contribution in [2.24, 2.45) is 5.92 Å².